The number of nitrogens with zero attached hydrogens (tertiary/aromatic N) is 1. The second-order valence-corrected chi connectivity index (χ2v) is 5.47. The van der Waals surface area contributed by atoms with Gasteiger partial charge in [-0.25, -0.2) is 5.21 Å². The number of benzene rings is 1. The SMILES string of the molecule is O=C1C(NCCCc2ccccn2)=C([NH2+]O)C(=O)c2ccccc21. The zero-order valence-electron chi connectivity index (χ0n) is 13.0. The number of Topliss-reactive ketones (excluding diaryl/α,β-unsaturated/α-hetero) is 2. The van der Waals surface area contributed by atoms with Gasteiger partial charge in [-0.2, -0.15) is 5.48 Å². The Kier molecular flexibility index (Phi) is 4.79. The molecule has 0 bridgehead atoms. The minimum Gasteiger partial charge on any atom is -0.377 e. The van der Waals surface area contributed by atoms with Crippen molar-refractivity contribution >= 4 is 11.6 Å². The number of nitrogens with two attached hydrogens (primary N) is 1. The van der Waals surface area contributed by atoms with Gasteiger partial charge in [0, 0.05) is 29.6 Å². The van der Waals surface area contributed by atoms with Crippen molar-refractivity contribution in [3.8, 4) is 0 Å². The zero-order valence-corrected chi connectivity index (χ0v) is 13.0. The van der Waals surface area contributed by atoms with E-state index >= 15 is 0 Å². The van der Waals surface area contributed by atoms with E-state index in [-0.39, 0.29) is 23.0 Å². The van der Waals surface area contributed by atoms with Crippen LogP contribution < -0.4 is 10.8 Å². The van der Waals surface area contributed by atoms with Gasteiger partial charge in [0.25, 0.3) is 5.78 Å². The van der Waals surface area contributed by atoms with E-state index in [1.807, 2.05) is 18.2 Å². The van der Waals surface area contributed by atoms with Gasteiger partial charge in [-0.1, -0.05) is 30.3 Å². The fourth-order valence-electron chi connectivity index (χ4n) is 2.72. The summed E-state index contributed by atoms with van der Waals surface area (Å²) < 4.78 is 0. The molecule has 24 heavy (non-hydrogen) atoms. The Balaban J connectivity index is 1.71. The average molecular weight is 324 g/mol. The molecule has 1 heterocycles. The summed E-state index contributed by atoms with van der Waals surface area (Å²) in [5.74, 6) is -0.622. The Morgan fingerprint density at radius 2 is 1.71 bits per heavy atom. The number of nitrogens with one attached hydrogen (secondary N) is 1. The molecule has 0 spiro atoms. The molecule has 0 amide bonds. The van der Waals surface area contributed by atoms with E-state index in [2.05, 4.69) is 10.3 Å². The van der Waals surface area contributed by atoms with Crippen LogP contribution in [0.1, 0.15) is 32.8 Å². The van der Waals surface area contributed by atoms with E-state index in [1.165, 1.54) is 0 Å². The molecule has 6 heteroatoms. The second-order valence-electron chi connectivity index (χ2n) is 5.47. The molecular formula is C18H18N3O3+. The van der Waals surface area contributed by atoms with Crippen LogP contribution in [0.15, 0.2) is 60.1 Å². The van der Waals surface area contributed by atoms with E-state index in [1.54, 1.807) is 30.5 Å². The fourth-order valence-corrected chi connectivity index (χ4v) is 2.72. The Hall–Kier alpha value is -2.83. The van der Waals surface area contributed by atoms with Crippen LogP contribution in [-0.4, -0.2) is 28.3 Å². The number of quaternary nitrogens is 1. The van der Waals surface area contributed by atoms with Crippen molar-refractivity contribution in [1.29, 1.82) is 0 Å². The summed E-state index contributed by atoms with van der Waals surface area (Å²) in [6.07, 6.45) is 3.25. The van der Waals surface area contributed by atoms with Gasteiger partial charge in [-0.3, -0.25) is 14.6 Å². The molecule has 0 saturated heterocycles. The monoisotopic (exact) mass is 324 g/mol. The third kappa shape index (κ3) is 3.10. The zero-order chi connectivity index (χ0) is 16.9. The molecule has 2 aromatic rings. The molecule has 0 fully saturated rings. The van der Waals surface area contributed by atoms with Crippen molar-refractivity contribution in [1.82, 2.24) is 10.3 Å². The van der Waals surface area contributed by atoms with E-state index in [0.29, 0.717) is 23.2 Å². The minimum atomic E-state index is -0.347. The minimum absolute atomic E-state index is 0.0107. The van der Waals surface area contributed by atoms with Gasteiger partial charge in [0.15, 0.2) is 5.70 Å². The van der Waals surface area contributed by atoms with Crippen molar-refractivity contribution in [3.05, 3.63) is 76.9 Å². The summed E-state index contributed by atoms with van der Waals surface area (Å²) in [7, 11) is 0. The highest BCUT2D eigenvalue weighted by atomic mass is 16.5. The Labute approximate surface area is 139 Å². The Bertz CT molecular complexity index is 800. The molecule has 4 N–H and O–H groups in total. The number of aromatic nitrogens is 1. The molecular weight excluding hydrogens is 306 g/mol. The predicted octanol–water partition coefficient (Wildman–Crippen LogP) is 0.847. The summed E-state index contributed by atoms with van der Waals surface area (Å²) >= 11 is 0. The molecule has 0 saturated carbocycles. The maximum atomic E-state index is 12.6. The number of hydroxylamine groups is 1. The van der Waals surface area contributed by atoms with Crippen LogP contribution in [-0.2, 0) is 6.42 Å². The van der Waals surface area contributed by atoms with Gasteiger partial charge in [0.05, 0.1) is 0 Å². The standard InChI is InChI=1S/C18H17N3O3/c22-17-13-8-1-2-9-14(13)18(23)16(21-24)15(17)20-11-5-7-12-6-3-4-10-19-12/h1-4,6,8-10,20-21,24H,5,7,11H2/p+1. The van der Waals surface area contributed by atoms with Crippen molar-refractivity contribution in [2.45, 2.75) is 12.8 Å². The third-order valence-electron chi connectivity index (χ3n) is 3.92. The van der Waals surface area contributed by atoms with Crippen LogP contribution in [0.25, 0.3) is 0 Å². The number of hydrogen-bond acceptors (Lipinski definition) is 5. The molecule has 1 aromatic heterocycles. The number of carbonyl (C=O) groups excluding carboxylic acids is 2. The van der Waals surface area contributed by atoms with E-state index < -0.39 is 0 Å². The van der Waals surface area contributed by atoms with Gasteiger partial charge in [0.1, 0.15) is 0 Å². The molecule has 0 radical (unpaired) electrons. The van der Waals surface area contributed by atoms with Gasteiger partial charge < -0.3 is 5.32 Å². The first-order valence-corrected chi connectivity index (χ1v) is 7.76. The van der Waals surface area contributed by atoms with E-state index in [4.69, 9.17) is 0 Å². The molecule has 1 aliphatic rings. The van der Waals surface area contributed by atoms with Gasteiger partial charge in [0.2, 0.25) is 11.5 Å². The number of aryl methyl sites for hydroxylation is 1. The van der Waals surface area contributed by atoms with E-state index in [9.17, 15) is 14.8 Å². The van der Waals surface area contributed by atoms with Gasteiger partial charge >= 0.3 is 0 Å². The molecule has 3 rings (SSSR count). The maximum absolute atomic E-state index is 12.6. The van der Waals surface area contributed by atoms with E-state index in [0.717, 1.165) is 18.5 Å². The van der Waals surface area contributed by atoms with Gasteiger partial charge in [-0.15, -0.1) is 0 Å². The predicted molar refractivity (Wildman–Crippen MR) is 86.4 cm³/mol. The van der Waals surface area contributed by atoms with Crippen LogP contribution >= 0.6 is 0 Å². The third-order valence-corrected chi connectivity index (χ3v) is 3.92. The quantitative estimate of drug-likeness (QED) is 0.541. The van der Waals surface area contributed by atoms with Crippen LogP contribution in [0.4, 0.5) is 0 Å². The Morgan fingerprint density at radius 3 is 2.38 bits per heavy atom. The van der Waals surface area contributed by atoms with Crippen molar-refractivity contribution in [3.63, 3.8) is 0 Å². The summed E-state index contributed by atoms with van der Waals surface area (Å²) in [4.78, 5) is 29.2. The largest absolute Gasteiger partial charge is 0.377 e. The van der Waals surface area contributed by atoms with Crippen LogP contribution in [0, 0.1) is 0 Å². The lowest BCUT2D eigenvalue weighted by Crippen LogP contribution is -2.81. The fraction of sp³-hybridized carbons (Fsp3) is 0.167. The smallest absolute Gasteiger partial charge is 0.252 e. The summed E-state index contributed by atoms with van der Waals surface area (Å²) in [5.41, 5.74) is 2.52. The molecule has 122 valence electrons. The highest BCUT2D eigenvalue weighted by molar-refractivity contribution is 6.25. The van der Waals surface area contributed by atoms with Crippen molar-refractivity contribution in [2.24, 2.45) is 0 Å². The van der Waals surface area contributed by atoms with Crippen molar-refractivity contribution in [2.75, 3.05) is 6.54 Å². The lowest BCUT2D eigenvalue weighted by atomic mass is 9.90. The second kappa shape index (κ2) is 7.16. The number of rotatable bonds is 6. The summed E-state index contributed by atoms with van der Waals surface area (Å²) in [6, 6.07) is 12.4. The highest BCUT2D eigenvalue weighted by Gasteiger charge is 2.35. The Morgan fingerprint density at radius 1 is 1.00 bits per heavy atom. The van der Waals surface area contributed by atoms with Crippen LogP contribution in [0.2, 0.25) is 0 Å². The van der Waals surface area contributed by atoms with Crippen LogP contribution in [0.5, 0.6) is 0 Å². The molecule has 1 aromatic carbocycles. The van der Waals surface area contributed by atoms with Crippen molar-refractivity contribution < 1.29 is 20.3 Å². The molecule has 1 aliphatic carbocycles. The number of allylic oxidation sites excluding steroid dienone is 2. The lowest BCUT2D eigenvalue weighted by molar-refractivity contribution is -0.846. The molecule has 0 atom stereocenters. The number of fused-ring (bicyclic) bond motifs is 1. The normalized spacial score (nSPS) is 13.9. The lowest BCUT2D eigenvalue weighted by Gasteiger charge is -2.18. The highest BCUT2D eigenvalue weighted by Crippen LogP contribution is 2.22. The number of carbonyl (C=O) groups is 2. The molecule has 6 nitrogen and oxygen atoms in total. The molecule has 0 unspecified atom stereocenters. The summed E-state index contributed by atoms with van der Waals surface area (Å²) in [5, 5.41) is 12.4. The van der Waals surface area contributed by atoms with Crippen LogP contribution in [0.3, 0.4) is 0 Å². The molecule has 0 aliphatic heterocycles. The topological polar surface area (TPSA) is 95.9 Å². The number of hydrogen-bond donors (Lipinski definition) is 3. The first-order valence-electron chi connectivity index (χ1n) is 7.76. The number of ketones is 2. The maximum Gasteiger partial charge on any atom is 0.252 e. The first kappa shape index (κ1) is 16.0. The summed E-state index contributed by atoms with van der Waals surface area (Å²) in [6.45, 7) is 0.504. The number of pyridine rings is 1. The average Bonchev–Trinajstić information content (AvgIpc) is 2.63. The van der Waals surface area contributed by atoms with Gasteiger partial charge in [-0.05, 0) is 25.0 Å². The first-order chi connectivity index (χ1) is 11.7.